The van der Waals surface area contributed by atoms with Crippen LogP contribution in [0.4, 0.5) is 4.79 Å². The molecule has 0 spiro atoms. The summed E-state index contributed by atoms with van der Waals surface area (Å²) in [5, 5.41) is 22.1. The molecule has 0 aliphatic carbocycles. The third-order valence-corrected chi connectivity index (χ3v) is 2.22. The second-order valence-corrected chi connectivity index (χ2v) is 3.77. The lowest BCUT2D eigenvalue weighted by Gasteiger charge is -2.14. The van der Waals surface area contributed by atoms with Gasteiger partial charge in [-0.05, 0) is 19.8 Å². The fourth-order valence-electron chi connectivity index (χ4n) is 1.31. The van der Waals surface area contributed by atoms with Crippen molar-refractivity contribution in [2.75, 3.05) is 19.8 Å². The molecule has 4 N–H and O–H groups in total. The summed E-state index contributed by atoms with van der Waals surface area (Å²) in [6.45, 7) is 2.99. The minimum absolute atomic E-state index is 0.0700. The van der Waals surface area contributed by atoms with Gasteiger partial charge in [-0.25, -0.2) is 9.59 Å². The number of carboxylic acids is 2. The van der Waals surface area contributed by atoms with E-state index in [2.05, 4.69) is 10.6 Å². The molecule has 1 atom stereocenters. The Bertz CT molecular complexity index is 308. The molecular weight excluding hydrogens is 256 g/mol. The Morgan fingerprint density at radius 2 is 1.95 bits per heavy atom. The Hall–Kier alpha value is -1.83. The molecule has 19 heavy (non-hydrogen) atoms. The molecule has 0 heterocycles. The van der Waals surface area contributed by atoms with Crippen LogP contribution < -0.4 is 10.6 Å². The van der Waals surface area contributed by atoms with Gasteiger partial charge in [-0.15, -0.1) is 0 Å². The Labute approximate surface area is 111 Å². The topological polar surface area (TPSA) is 125 Å². The van der Waals surface area contributed by atoms with Crippen LogP contribution in [0.3, 0.4) is 0 Å². The standard InChI is InChI=1S/C11H20N2O6/c1-2-19-7-6-12-11(18)13-8(10(16)17)4-3-5-9(14)15/h8H,2-7H2,1H3,(H,14,15)(H,16,17)(H2,12,13,18)/t8-/m1/s1. The monoisotopic (exact) mass is 276 g/mol. The first-order valence-corrected chi connectivity index (χ1v) is 6.04. The lowest BCUT2D eigenvalue weighted by atomic mass is 10.1. The Morgan fingerprint density at radius 1 is 1.26 bits per heavy atom. The number of ether oxygens (including phenoxy) is 1. The molecule has 0 aromatic rings. The molecule has 8 nitrogen and oxygen atoms in total. The van der Waals surface area contributed by atoms with Gasteiger partial charge in [0.2, 0.25) is 0 Å². The van der Waals surface area contributed by atoms with E-state index in [4.69, 9.17) is 14.9 Å². The maximum absolute atomic E-state index is 11.4. The van der Waals surface area contributed by atoms with E-state index in [0.717, 1.165) is 0 Å². The smallest absolute Gasteiger partial charge is 0.326 e. The van der Waals surface area contributed by atoms with Gasteiger partial charge in [0.05, 0.1) is 6.61 Å². The Morgan fingerprint density at radius 3 is 2.47 bits per heavy atom. The van der Waals surface area contributed by atoms with E-state index in [9.17, 15) is 14.4 Å². The maximum Gasteiger partial charge on any atom is 0.326 e. The van der Waals surface area contributed by atoms with Crippen molar-refractivity contribution in [3.8, 4) is 0 Å². The molecule has 0 aromatic carbocycles. The minimum Gasteiger partial charge on any atom is -0.481 e. The number of carbonyl (C=O) groups is 3. The molecule has 0 bridgehead atoms. The summed E-state index contributed by atoms with van der Waals surface area (Å²) in [6.07, 6.45) is 0.128. The second-order valence-electron chi connectivity index (χ2n) is 3.77. The van der Waals surface area contributed by atoms with Gasteiger partial charge in [0.15, 0.2) is 0 Å². The fraction of sp³-hybridized carbons (Fsp3) is 0.727. The number of carbonyl (C=O) groups excluding carboxylic acids is 1. The predicted molar refractivity (Wildman–Crippen MR) is 65.9 cm³/mol. The Balaban J connectivity index is 3.94. The van der Waals surface area contributed by atoms with Crippen LogP contribution in [0.15, 0.2) is 0 Å². The van der Waals surface area contributed by atoms with Gasteiger partial charge in [-0.2, -0.15) is 0 Å². The highest BCUT2D eigenvalue weighted by Crippen LogP contribution is 2.01. The van der Waals surface area contributed by atoms with Crippen molar-refractivity contribution in [3.05, 3.63) is 0 Å². The van der Waals surface area contributed by atoms with E-state index in [0.29, 0.717) is 13.2 Å². The first-order chi connectivity index (χ1) is 8.97. The van der Waals surface area contributed by atoms with Crippen LogP contribution in [0.25, 0.3) is 0 Å². The summed E-state index contributed by atoms with van der Waals surface area (Å²) >= 11 is 0. The van der Waals surface area contributed by atoms with Crippen molar-refractivity contribution in [2.45, 2.75) is 32.2 Å². The molecule has 0 saturated heterocycles. The molecule has 0 aliphatic rings. The number of carboxylic acid groups (broad SMARTS) is 2. The van der Waals surface area contributed by atoms with E-state index in [1.54, 1.807) is 0 Å². The van der Waals surface area contributed by atoms with Crippen LogP contribution in [0, 0.1) is 0 Å². The van der Waals surface area contributed by atoms with Crippen molar-refractivity contribution in [2.24, 2.45) is 0 Å². The third kappa shape index (κ3) is 9.83. The highest BCUT2D eigenvalue weighted by atomic mass is 16.5. The van der Waals surface area contributed by atoms with Gasteiger partial charge in [-0.3, -0.25) is 4.79 Å². The van der Waals surface area contributed by atoms with E-state index in [-0.39, 0.29) is 25.8 Å². The molecule has 0 fully saturated rings. The van der Waals surface area contributed by atoms with Crippen LogP contribution in [-0.2, 0) is 14.3 Å². The molecule has 0 rings (SSSR count). The van der Waals surface area contributed by atoms with Crippen molar-refractivity contribution in [1.82, 2.24) is 10.6 Å². The van der Waals surface area contributed by atoms with Gasteiger partial charge < -0.3 is 25.6 Å². The normalized spacial score (nSPS) is 11.6. The van der Waals surface area contributed by atoms with Crippen LogP contribution >= 0.6 is 0 Å². The van der Waals surface area contributed by atoms with Crippen LogP contribution in [-0.4, -0.2) is 54.0 Å². The average Bonchev–Trinajstić information content (AvgIpc) is 2.33. The van der Waals surface area contributed by atoms with Gasteiger partial charge in [0.25, 0.3) is 0 Å². The van der Waals surface area contributed by atoms with Crippen LogP contribution in [0.2, 0.25) is 0 Å². The molecule has 0 saturated carbocycles. The summed E-state index contributed by atoms with van der Waals surface area (Å²) in [7, 11) is 0. The molecule has 0 radical (unpaired) electrons. The van der Waals surface area contributed by atoms with E-state index in [1.165, 1.54) is 0 Å². The summed E-state index contributed by atoms with van der Waals surface area (Å²) in [6, 6.07) is -1.70. The van der Waals surface area contributed by atoms with E-state index < -0.39 is 24.0 Å². The minimum atomic E-state index is -1.19. The van der Waals surface area contributed by atoms with E-state index in [1.807, 2.05) is 6.92 Å². The number of nitrogens with one attached hydrogen (secondary N) is 2. The zero-order valence-electron chi connectivity index (χ0n) is 10.8. The van der Waals surface area contributed by atoms with Crippen molar-refractivity contribution in [3.63, 3.8) is 0 Å². The highest BCUT2D eigenvalue weighted by molar-refractivity contribution is 5.82. The molecule has 0 aromatic heterocycles. The maximum atomic E-state index is 11.4. The zero-order valence-corrected chi connectivity index (χ0v) is 10.8. The number of amides is 2. The van der Waals surface area contributed by atoms with Gasteiger partial charge in [0, 0.05) is 19.6 Å². The largest absolute Gasteiger partial charge is 0.481 e. The molecule has 8 heteroatoms. The third-order valence-electron chi connectivity index (χ3n) is 2.22. The summed E-state index contributed by atoms with van der Waals surface area (Å²) in [5.41, 5.74) is 0. The molecule has 0 unspecified atom stereocenters. The SMILES string of the molecule is CCOCCNC(=O)N[C@H](CCCC(=O)O)C(=O)O. The number of rotatable bonds is 10. The number of aliphatic carboxylic acids is 2. The van der Waals surface area contributed by atoms with Gasteiger partial charge in [0.1, 0.15) is 6.04 Å². The lowest BCUT2D eigenvalue weighted by molar-refractivity contribution is -0.140. The number of hydrogen-bond donors (Lipinski definition) is 4. The van der Waals surface area contributed by atoms with Gasteiger partial charge >= 0.3 is 18.0 Å². The molecule has 110 valence electrons. The first kappa shape index (κ1) is 17.2. The fourth-order valence-corrected chi connectivity index (χ4v) is 1.31. The molecule has 2 amide bonds. The summed E-state index contributed by atoms with van der Waals surface area (Å²) in [5.74, 6) is -2.18. The summed E-state index contributed by atoms with van der Waals surface area (Å²) in [4.78, 5) is 32.5. The summed E-state index contributed by atoms with van der Waals surface area (Å²) < 4.78 is 5.00. The quantitative estimate of drug-likeness (QED) is 0.417. The Kier molecular flexibility index (Phi) is 9.15. The zero-order chi connectivity index (χ0) is 14.7. The molecular formula is C11H20N2O6. The number of hydrogen-bond acceptors (Lipinski definition) is 4. The van der Waals surface area contributed by atoms with Crippen molar-refractivity contribution in [1.29, 1.82) is 0 Å². The number of urea groups is 1. The van der Waals surface area contributed by atoms with Crippen LogP contribution in [0.5, 0.6) is 0 Å². The average molecular weight is 276 g/mol. The van der Waals surface area contributed by atoms with Crippen LogP contribution in [0.1, 0.15) is 26.2 Å². The second kappa shape index (κ2) is 10.1. The highest BCUT2D eigenvalue weighted by Gasteiger charge is 2.19. The lowest BCUT2D eigenvalue weighted by Crippen LogP contribution is -2.46. The molecule has 0 aliphatic heterocycles. The van der Waals surface area contributed by atoms with E-state index >= 15 is 0 Å². The van der Waals surface area contributed by atoms with Crippen molar-refractivity contribution >= 4 is 18.0 Å². The first-order valence-electron chi connectivity index (χ1n) is 6.04. The van der Waals surface area contributed by atoms with Crippen molar-refractivity contribution < 1.29 is 29.3 Å². The van der Waals surface area contributed by atoms with Gasteiger partial charge in [-0.1, -0.05) is 0 Å². The predicted octanol–water partition coefficient (Wildman–Crippen LogP) is 0.0302.